The van der Waals surface area contributed by atoms with Gasteiger partial charge in [-0.1, -0.05) is 17.7 Å². The monoisotopic (exact) mass is 481 g/mol. The van der Waals surface area contributed by atoms with Crippen LogP contribution in [0.5, 0.6) is 5.75 Å². The van der Waals surface area contributed by atoms with Crippen LogP contribution in [0.2, 0.25) is 5.02 Å². The number of rotatable bonds is 6. The summed E-state index contributed by atoms with van der Waals surface area (Å²) < 4.78 is 25.0. The van der Waals surface area contributed by atoms with Crippen LogP contribution in [0.4, 0.5) is 15.8 Å². The highest BCUT2D eigenvalue weighted by Crippen LogP contribution is 2.43. The van der Waals surface area contributed by atoms with E-state index in [0.717, 1.165) is 0 Å². The van der Waals surface area contributed by atoms with Crippen molar-refractivity contribution in [2.24, 2.45) is 0 Å². The normalized spacial score (nSPS) is 15.2. The molecule has 0 fully saturated rings. The number of pyridine rings is 2. The van der Waals surface area contributed by atoms with Gasteiger partial charge in [-0.25, -0.2) is 4.98 Å². The number of aromatic nitrogens is 3. The number of halogens is 2. The molecule has 0 spiro atoms. The first-order chi connectivity index (χ1) is 16.5. The molecule has 1 aliphatic rings. The first kappa shape index (κ1) is 22.1. The fourth-order valence-corrected chi connectivity index (χ4v) is 4.54. The summed E-state index contributed by atoms with van der Waals surface area (Å²) in [6, 6.07) is 9.84. The minimum atomic E-state index is -0.626. The van der Waals surface area contributed by atoms with Gasteiger partial charge in [-0.15, -0.1) is 0 Å². The molecule has 0 radical (unpaired) electrons. The molecule has 174 valence electrons. The van der Waals surface area contributed by atoms with Crippen molar-refractivity contribution in [2.45, 2.75) is 5.92 Å². The molecule has 0 saturated carbocycles. The zero-order chi connectivity index (χ0) is 23.8. The third-order valence-electron chi connectivity index (χ3n) is 5.79. The SMILES string of the molecule is COCC1CNC(=O)c2c1[nH]c(-c1ccnc3ccc(F)nc13)c2Nc1cccc(Cl)c1OC. The lowest BCUT2D eigenvalue weighted by molar-refractivity contribution is 0.0925. The average Bonchev–Trinajstić information content (AvgIpc) is 3.21. The van der Waals surface area contributed by atoms with Crippen LogP contribution in [-0.4, -0.2) is 48.2 Å². The smallest absolute Gasteiger partial charge is 0.255 e. The number of carbonyl (C=O) groups is 1. The van der Waals surface area contributed by atoms with Gasteiger partial charge in [0, 0.05) is 37.0 Å². The maximum absolute atomic E-state index is 14.1. The number of fused-ring (bicyclic) bond motifs is 2. The number of nitrogens with one attached hydrogen (secondary N) is 3. The Balaban J connectivity index is 1.78. The molecule has 4 heterocycles. The van der Waals surface area contributed by atoms with Crippen molar-refractivity contribution < 1.29 is 18.7 Å². The summed E-state index contributed by atoms with van der Waals surface area (Å²) in [6.07, 6.45) is 1.62. The summed E-state index contributed by atoms with van der Waals surface area (Å²) in [5.41, 5.74) is 4.26. The van der Waals surface area contributed by atoms with E-state index >= 15 is 0 Å². The second-order valence-electron chi connectivity index (χ2n) is 7.83. The van der Waals surface area contributed by atoms with E-state index in [2.05, 4.69) is 25.6 Å². The number of hydrogen-bond acceptors (Lipinski definition) is 6. The molecule has 0 aliphatic carbocycles. The highest BCUT2D eigenvalue weighted by atomic mass is 35.5. The van der Waals surface area contributed by atoms with Crippen LogP contribution in [0.15, 0.2) is 42.6 Å². The first-order valence-electron chi connectivity index (χ1n) is 10.6. The third kappa shape index (κ3) is 3.72. The minimum Gasteiger partial charge on any atom is -0.493 e. The molecule has 1 aromatic carbocycles. The molecule has 10 heteroatoms. The standard InChI is InChI=1S/C24H21ClFN5O3/c1-33-11-12-10-28-24(32)18-19(12)31-21(13-8-9-27-15-6-7-17(26)30-20(13)15)22(18)29-16-5-3-4-14(25)23(16)34-2/h3-9,12,29,31H,10-11H2,1-2H3,(H,28,32). The van der Waals surface area contributed by atoms with Gasteiger partial charge in [0.25, 0.3) is 5.91 Å². The third-order valence-corrected chi connectivity index (χ3v) is 6.09. The number of amides is 1. The van der Waals surface area contributed by atoms with E-state index in [1.165, 1.54) is 13.2 Å². The second kappa shape index (κ2) is 8.92. The van der Waals surface area contributed by atoms with Gasteiger partial charge in [-0.2, -0.15) is 4.39 Å². The van der Waals surface area contributed by atoms with Crippen LogP contribution in [0.25, 0.3) is 22.3 Å². The van der Waals surface area contributed by atoms with Crippen molar-refractivity contribution in [3.8, 4) is 17.0 Å². The van der Waals surface area contributed by atoms with Crippen molar-refractivity contribution in [1.82, 2.24) is 20.3 Å². The summed E-state index contributed by atoms with van der Waals surface area (Å²) in [6.45, 7) is 0.820. The molecular weight excluding hydrogens is 461 g/mol. The van der Waals surface area contributed by atoms with Gasteiger partial charge >= 0.3 is 0 Å². The van der Waals surface area contributed by atoms with Crippen LogP contribution in [0.1, 0.15) is 22.0 Å². The number of ether oxygens (including phenoxy) is 2. The summed E-state index contributed by atoms with van der Waals surface area (Å²) in [5.74, 6) is -0.547. The number of nitrogens with zero attached hydrogens (tertiary/aromatic N) is 2. The number of H-pyrrole nitrogens is 1. The molecule has 0 saturated heterocycles. The topological polar surface area (TPSA) is 101 Å². The Bertz CT molecular complexity index is 1410. The number of aromatic amines is 1. The summed E-state index contributed by atoms with van der Waals surface area (Å²) in [5, 5.41) is 6.67. The number of carbonyl (C=O) groups excluding carboxylic acids is 1. The van der Waals surface area contributed by atoms with Gasteiger partial charge in [0.05, 0.1) is 46.9 Å². The van der Waals surface area contributed by atoms with Gasteiger partial charge in [0.1, 0.15) is 5.52 Å². The minimum absolute atomic E-state index is 0.106. The maximum Gasteiger partial charge on any atom is 0.255 e. The maximum atomic E-state index is 14.1. The second-order valence-corrected chi connectivity index (χ2v) is 8.24. The average molecular weight is 482 g/mol. The first-order valence-corrected chi connectivity index (χ1v) is 10.9. The lowest BCUT2D eigenvalue weighted by Crippen LogP contribution is -2.36. The Hall–Kier alpha value is -3.69. The molecular formula is C24H21ClFN5O3. The molecule has 34 heavy (non-hydrogen) atoms. The number of methoxy groups -OCH3 is 2. The lowest BCUT2D eigenvalue weighted by atomic mass is 9.97. The highest BCUT2D eigenvalue weighted by molar-refractivity contribution is 6.32. The van der Waals surface area contributed by atoms with E-state index in [9.17, 15) is 9.18 Å². The van der Waals surface area contributed by atoms with E-state index in [-0.39, 0.29) is 11.8 Å². The van der Waals surface area contributed by atoms with Crippen LogP contribution in [0.3, 0.4) is 0 Å². The van der Waals surface area contributed by atoms with Crippen molar-refractivity contribution >= 4 is 39.9 Å². The number of anilines is 2. The number of benzene rings is 1. The van der Waals surface area contributed by atoms with E-state index in [1.54, 1.807) is 43.6 Å². The lowest BCUT2D eigenvalue weighted by Gasteiger charge is -2.23. The van der Waals surface area contributed by atoms with E-state index < -0.39 is 5.95 Å². The van der Waals surface area contributed by atoms with Gasteiger partial charge in [0.15, 0.2) is 5.75 Å². The zero-order valence-corrected chi connectivity index (χ0v) is 19.2. The molecule has 8 nitrogen and oxygen atoms in total. The van der Waals surface area contributed by atoms with Gasteiger partial charge in [-0.05, 0) is 30.3 Å². The Labute approximate surface area is 199 Å². The molecule has 1 atom stereocenters. The summed E-state index contributed by atoms with van der Waals surface area (Å²) in [4.78, 5) is 24.9. The molecule has 3 aromatic heterocycles. The van der Waals surface area contributed by atoms with E-state index in [0.29, 0.717) is 68.8 Å². The Morgan fingerprint density at radius 1 is 1.24 bits per heavy atom. The highest BCUT2D eigenvalue weighted by Gasteiger charge is 2.33. The van der Waals surface area contributed by atoms with Crippen molar-refractivity contribution in [1.29, 1.82) is 0 Å². The predicted octanol–water partition coefficient (Wildman–Crippen LogP) is 4.64. The summed E-state index contributed by atoms with van der Waals surface area (Å²) >= 11 is 6.33. The molecule has 1 amide bonds. The van der Waals surface area contributed by atoms with E-state index in [1.807, 2.05) is 0 Å². The Morgan fingerprint density at radius 3 is 2.88 bits per heavy atom. The van der Waals surface area contributed by atoms with Crippen LogP contribution in [-0.2, 0) is 4.74 Å². The van der Waals surface area contributed by atoms with Crippen LogP contribution in [0, 0.1) is 5.95 Å². The molecule has 4 aromatic rings. The van der Waals surface area contributed by atoms with Crippen LogP contribution >= 0.6 is 11.6 Å². The molecule has 0 bridgehead atoms. The quantitative estimate of drug-likeness (QED) is 0.347. The van der Waals surface area contributed by atoms with E-state index in [4.69, 9.17) is 21.1 Å². The molecule has 1 aliphatic heterocycles. The zero-order valence-electron chi connectivity index (χ0n) is 18.4. The Kier molecular flexibility index (Phi) is 5.80. The van der Waals surface area contributed by atoms with Crippen molar-refractivity contribution in [2.75, 3.05) is 32.7 Å². The van der Waals surface area contributed by atoms with Gasteiger partial charge in [0.2, 0.25) is 5.95 Å². The van der Waals surface area contributed by atoms with Crippen LogP contribution < -0.4 is 15.4 Å². The van der Waals surface area contributed by atoms with Gasteiger partial charge < -0.3 is 25.1 Å². The van der Waals surface area contributed by atoms with Crippen molar-refractivity contribution in [3.05, 3.63) is 64.8 Å². The van der Waals surface area contributed by atoms with Crippen molar-refractivity contribution in [3.63, 3.8) is 0 Å². The predicted molar refractivity (Wildman–Crippen MR) is 128 cm³/mol. The summed E-state index contributed by atoms with van der Waals surface area (Å²) in [7, 11) is 3.13. The number of para-hydroxylation sites is 1. The fourth-order valence-electron chi connectivity index (χ4n) is 4.29. The molecule has 1 unspecified atom stereocenters. The molecule has 3 N–H and O–H groups in total. The molecule has 5 rings (SSSR count). The fraction of sp³-hybridized carbons (Fsp3) is 0.208. The van der Waals surface area contributed by atoms with Gasteiger partial charge in [-0.3, -0.25) is 9.78 Å². The number of hydrogen-bond donors (Lipinski definition) is 3. The largest absolute Gasteiger partial charge is 0.493 e. The Morgan fingerprint density at radius 2 is 2.09 bits per heavy atom.